The first-order chi connectivity index (χ1) is 13.7. The zero-order chi connectivity index (χ0) is 21.7. The molecule has 2 rings (SSSR count). The second kappa shape index (κ2) is 9.58. The van der Waals surface area contributed by atoms with Crippen LogP contribution in [0.25, 0.3) is 0 Å². The zero-order valence-corrected chi connectivity index (χ0v) is 18.1. The highest BCUT2D eigenvalue weighted by Crippen LogP contribution is 2.37. The summed E-state index contributed by atoms with van der Waals surface area (Å²) in [5, 5.41) is 2.91. The lowest BCUT2D eigenvalue weighted by molar-refractivity contribution is -0.140. The number of nitrogens with zero attached hydrogens (tertiary/aromatic N) is 1. The molecular weight excluding hydrogens is 372 g/mol. The highest BCUT2D eigenvalue weighted by molar-refractivity contribution is 6.05. The van der Waals surface area contributed by atoms with Crippen LogP contribution in [0.4, 0.5) is 10.5 Å². The summed E-state index contributed by atoms with van der Waals surface area (Å²) >= 11 is 0. The smallest absolute Gasteiger partial charge is 0.341 e. The van der Waals surface area contributed by atoms with E-state index in [0.717, 1.165) is 34.2 Å². The van der Waals surface area contributed by atoms with Crippen LogP contribution in [0.2, 0.25) is 0 Å². The second-order valence-electron chi connectivity index (χ2n) is 7.40. The number of methoxy groups -OCH3 is 1. The topological polar surface area (TPSA) is 84.9 Å². The number of anilines is 1. The van der Waals surface area contributed by atoms with Crippen molar-refractivity contribution in [1.29, 1.82) is 0 Å². The maximum atomic E-state index is 12.4. The number of amides is 2. The van der Waals surface area contributed by atoms with Gasteiger partial charge in [0.1, 0.15) is 6.61 Å². The van der Waals surface area contributed by atoms with Gasteiger partial charge in [0.15, 0.2) is 0 Å². The minimum absolute atomic E-state index is 0.228. The van der Waals surface area contributed by atoms with Crippen molar-refractivity contribution in [3.63, 3.8) is 0 Å². The number of urea groups is 1. The summed E-state index contributed by atoms with van der Waals surface area (Å²) in [6, 6.07) is -0.301. The molecule has 0 aromatic heterocycles. The Morgan fingerprint density at radius 3 is 2.52 bits per heavy atom. The molecule has 1 N–H and O–H groups in total. The molecule has 0 radical (unpaired) electrons. The molecule has 158 valence electrons. The van der Waals surface area contributed by atoms with Crippen molar-refractivity contribution in [2.24, 2.45) is 0 Å². The van der Waals surface area contributed by atoms with E-state index in [1.165, 1.54) is 12.0 Å². The predicted molar refractivity (Wildman–Crippen MR) is 111 cm³/mol. The van der Waals surface area contributed by atoms with E-state index in [4.69, 9.17) is 9.47 Å². The molecule has 0 unspecified atom stereocenters. The van der Waals surface area contributed by atoms with Crippen LogP contribution >= 0.6 is 0 Å². The summed E-state index contributed by atoms with van der Waals surface area (Å²) < 4.78 is 9.97. The number of rotatable bonds is 7. The lowest BCUT2D eigenvalue weighted by Gasteiger charge is -2.21. The molecule has 0 spiro atoms. The van der Waals surface area contributed by atoms with Gasteiger partial charge in [-0.1, -0.05) is 18.6 Å². The van der Waals surface area contributed by atoms with E-state index in [1.807, 2.05) is 19.9 Å². The van der Waals surface area contributed by atoms with Gasteiger partial charge in [0.05, 0.1) is 18.4 Å². The van der Waals surface area contributed by atoms with Crippen LogP contribution in [-0.2, 0) is 33.7 Å². The second-order valence-corrected chi connectivity index (χ2v) is 7.40. The Morgan fingerprint density at radius 2 is 1.93 bits per heavy atom. The molecule has 1 aliphatic heterocycles. The van der Waals surface area contributed by atoms with Crippen molar-refractivity contribution in [1.82, 2.24) is 4.90 Å². The number of nitrogens with one attached hydrogen (secondary N) is 1. The fourth-order valence-electron chi connectivity index (χ4n) is 3.50. The van der Waals surface area contributed by atoms with Gasteiger partial charge in [-0.2, -0.15) is 0 Å². The Bertz CT molecular complexity index is 855. The van der Waals surface area contributed by atoms with Gasteiger partial charge in [0.25, 0.3) is 0 Å². The number of carbonyl (C=O) groups is 3. The summed E-state index contributed by atoms with van der Waals surface area (Å²) in [6.07, 6.45) is 4.26. The van der Waals surface area contributed by atoms with Crippen LogP contribution in [0, 0.1) is 6.92 Å². The minimum Gasteiger partial charge on any atom is -0.469 e. The quantitative estimate of drug-likeness (QED) is 0.554. The summed E-state index contributed by atoms with van der Waals surface area (Å²) in [6.45, 7) is 6.24. The van der Waals surface area contributed by atoms with Gasteiger partial charge >= 0.3 is 18.0 Å². The standard InChI is InChI=1S/C22H30N2O5/c1-7-15-14(3)17-12-29-21(26)19(17)20(23-22(27)24(4)5)16(15)10-8-13(2)9-11-18(25)28-6/h8H,7,9-12H2,1-6H3,(H,23,27)/b13-8+. The Balaban J connectivity index is 2.49. The average molecular weight is 402 g/mol. The summed E-state index contributed by atoms with van der Waals surface area (Å²) in [5.74, 6) is -0.658. The van der Waals surface area contributed by atoms with Gasteiger partial charge in [-0.25, -0.2) is 9.59 Å². The summed E-state index contributed by atoms with van der Waals surface area (Å²) in [5.41, 5.74) is 5.92. The Labute approximate surface area is 172 Å². The van der Waals surface area contributed by atoms with E-state index in [-0.39, 0.29) is 18.6 Å². The molecule has 0 bridgehead atoms. The van der Waals surface area contributed by atoms with Crippen molar-refractivity contribution < 1.29 is 23.9 Å². The molecule has 1 heterocycles. The maximum Gasteiger partial charge on any atom is 0.341 e. The van der Waals surface area contributed by atoms with E-state index in [0.29, 0.717) is 30.5 Å². The number of carbonyl (C=O) groups excluding carboxylic acids is 3. The molecule has 2 amide bonds. The van der Waals surface area contributed by atoms with Crippen LogP contribution < -0.4 is 5.32 Å². The monoisotopic (exact) mass is 402 g/mol. The largest absolute Gasteiger partial charge is 0.469 e. The number of cyclic esters (lactones) is 1. The zero-order valence-electron chi connectivity index (χ0n) is 18.1. The molecule has 7 heteroatoms. The van der Waals surface area contributed by atoms with Crippen molar-refractivity contribution in [2.45, 2.75) is 53.1 Å². The molecule has 7 nitrogen and oxygen atoms in total. The number of allylic oxidation sites excluding steroid dienone is 2. The van der Waals surface area contributed by atoms with Crippen LogP contribution in [0.3, 0.4) is 0 Å². The van der Waals surface area contributed by atoms with Gasteiger partial charge < -0.3 is 19.7 Å². The number of hydrogen-bond acceptors (Lipinski definition) is 5. The van der Waals surface area contributed by atoms with E-state index in [9.17, 15) is 14.4 Å². The average Bonchev–Trinajstić information content (AvgIpc) is 3.08. The normalized spacial score (nSPS) is 13.0. The van der Waals surface area contributed by atoms with Gasteiger partial charge in [-0.05, 0) is 49.8 Å². The first-order valence-corrected chi connectivity index (χ1v) is 9.76. The molecular formula is C22H30N2O5. The van der Waals surface area contributed by atoms with Crippen LogP contribution in [-0.4, -0.2) is 44.1 Å². The molecule has 0 aliphatic carbocycles. The van der Waals surface area contributed by atoms with Crippen LogP contribution in [0.5, 0.6) is 0 Å². The number of benzene rings is 1. The molecule has 1 aliphatic rings. The number of ether oxygens (including phenoxy) is 2. The third-order valence-corrected chi connectivity index (χ3v) is 5.27. The van der Waals surface area contributed by atoms with E-state index < -0.39 is 5.97 Å². The Kier molecular flexibility index (Phi) is 7.42. The molecule has 0 fully saturated rings. The highest BCUT2D eigenvalue weighted by Gasteiger charge is 2.31. The molecule has 1 aromatic rings. The van der Waals surface area contributed by atoms with E-state index in [1.54, 1.807) is 14.1 Å². The fourth-order valence-corrected chi connectivity index (χ4v) is 3.50. The van der Waals surface area contributed by atoms with Crippen LogP contribution in [0.15, 0.2) is 11.6 Å². The number of fused-ring (bicyclic) bond motifs is 1. The van der Waals surface area contributed by atoms with Gasteiger partial charge in [-0.15, -0.1) is 0 Å². The lowest BCUT2D eigenvalue weighted by Crippen LogP contribution is -2.29. The third kappa shape index (κ3) is 4.96. The van der Waals surface area contributed by atoms with E-state index in [2.05, 4.69) is 12.2 Å². The van der Waals surface area contributed by atoms with Gasteiger partial charge in [0.2, 0.25) is 0 Å². The third-order valence-electron chi connectivity index (χ3n) is 5.27. The Morgan fingerprint density at radius 1 is 1.24 bits per heavy atom. The minimum atomic E-state index is -0.410. The maximum absolute atomic E-state index is 12.4. The van der Waals surface area contributed by atoms with Crippen LogP contribution in [0.1, 0.15) is 59.3 Å². The predicted octanol–water partition coefficient (Wildman–Crippen LogP) is 3.76. The summed E-state index contributed by atoms with van der Waals surface area (Å²) in [4.78, 5) is 37.7. The SMILES string of the molecule is CCc1c(C)c2c(c(NC(=O)N(C)C)c1C/C=C(\C)CCC(=O)OC)C(=O)OC2. The highest BCUT2D eigenvalue weighted by atomic mass is 16.5. The molecule has 0 saturated carbocycles. The number of hydrogen-bond donors (Lipinski definition) is 1. The first-order valence-electron chi connectivity index (χ1n) is 9.76. The fraction of sp³-hybridized carbons (Fsp3) is 0.500. The lowest BCUT2D eigenvalue weighted by atomic mass is 9.88. The molecule has 29 heavy (non-hydrogen) atoms. The molecule has 0 saturated heterocycles. The van der Waals surface area contributed by atoms with Crippen molar-refractivity contribution >= 4 is 23.7 Å². The van der Waals surface area contributed by atoms with Crippen molar-refractivity contribution in [3.8, 4) is 0 Å². The molecule has 1 aromatic carbocycles. The molecule has 0 atom stereocenters. The van der Waals surface area contributed by atoms with Crippen molar-refractivity contribution in [2.75, 3.05) is 26.5 Å². The summed E-state index contributed by atoms with van der Waals surface area (Å²) in [7, 11) is 4.68. The van der Waals surface area contributed by atoms with Crippen molar-refractivity contribution in [3.05, 3.63) is 39.5 Å². The van der Waals surface area contributed by atoms with Gasteiger partial charge in [-0.3, -0.25) is 4.79 Å². The van der Waals surface area contributed by atoms with Gasteiger partial charge in [0, 0.05) is 26.1 Å². The number of esters is 2. The first kappa shape index (κ1) is 22.5. The Hall–Kier alpha value is -2.83. The van der Waals surface area contributed by atoms with E-state index >= 15 is 0 Å².